The van der Waals surface area contributed by atoms with E-state index < -0.39 is 26.7 Å². The van der Waals surface area contributed by atoms with Crippen molar-refractivity contribution in [2.45, 2.75) is 31.1 Å². The summed E-state index contributed by atoms with van der Waals surface area (Å²) in [6.07, 6.45) is 2.43. The summed E-state index contributed by atoms with van der Waals surface area (Å²) < 4.78 is 51.6. The van der Waals surface area contributed by atoms with Crippen molar-refractivity contribution in [2.75, 3.05) is 26.3 Å². The molecule has 0 unspecified atom stereocenters. The fourth-order valence-corrected chi connectivity index (χ4v) is 4.76. The fraction of sp³-hybridized carbons (Fsp3) is 0.381. The Kier molecular flexibility index (Phi) is 6.87. The number of aryl methyl sites for hydroxylation is 1. The lowest BCUT2D eigenvalue weighted by molar-refractivity contribution is 0.0450. The zero-order valence-corrected chi connectivity index (χ0v) is 17.1. The van der Waals surface area contributed by atoms with Crippen molar-refractivity contribution in [1.82, 2.24) is 4.31 Å². The maximum absolute atomic E-state index is 14.2. The van der Waals surface area contributed by atoms with Gasteiger partial charge in [0.05, 0.1) is 5.56 Å². The van der Waals surface area contributed by atoms with E-state index in [1.165, 1.54) is 10.4 Å². The van der Waals surface area contributed by atoms with Crippen LogP contribution >= 0.6 is 0 Å². The van der Waals surface area contributed by atoms with Crippen molar-refractivity contribution in [3.63, 3.8) is 0 Å². The van der Waals surface area contributed by atoms with Crippen LogP contribution in [0.1, 0.15) is 35.2 Å². The van der Waals surface area contributed by atoms with Gasteiger partial charge in [0, 0.05) is 13.1 Å². The fourth-order valence-electron chi connectivity index (χ4n) is 3.15. The minimum absolute atomic E-state index is 0.0155. The summed E-state index contributed by atoms with van der Waals surface area (Å²) in [6.45, 7) is 2.78. The molecule has 1 heterocycles. The highest BCUT2D eigenvalue weighted by Gasteiger charge is 2.29. The number of rotatable bonds is 7. The number of carbonyl (C=O) groups excluding carboxylic acids is 1. The number of halogens is 1. The predicted molar refractivity (Wildman–Crippen MR) is 106 cm³/mol. The summed E-state index contributed by atoms with van der Waals surface area (Å²) in [5.74, 6) is -0.944. The Morgan fingerprint density at radius 3 is 2.55 bits per heavy atom. The summed E-state index contributed by atoms with van der Waals surface area (Å²) in [5, 5.41) is 0. The number of hydrogen-bond acceptors (Lipinski definition) is 5. The number of nitrogens with zero attached hydrogens (tertiary/aromatic N) is 1. The Morgan fingerprint density at radius 2 is 1.83 bits per heavy atom. The largest absolute Gasteiger partial charge is 0.490 e. The monoisotopic (exact) mass is 421 g/mol. The molecule has 0 saturated carbocycles. The van der Waals surface area contributed by atoms with Crippen molar-refractivity contribution in [2.24, 2.45) is 0 Å². The predicted octanol–water partition coefficient (Wildman–Crippen LogP) is 3.54. The molecule has 2 aromatic carbocycles. The van der Waals surface area contributed by atoms with Gasteiger partial charge in [0.15, 0.2) is 0 Å². The minimum Gasteiger partial charge on any atom is -0.490 e. The standard InChI is InChI=1S/C21H24FNO5S/c1-16-6-5-7-18(14-16)27-12-13-28-21(24)17-8-9-19(22)20(15-17)29(25,26)23-10-3-2-4-11-23/h5-9,14-15H,2-4,10-13H2,1H3. The number of ether oxygens (including phenoxy) is 2. The SMILES string of the molecule is Cc1cccc(OCCOC(=O)c2ccc(F)c(S(=O)(=O)N3CCCCC3)c2)c1. The molecular formula is C21H24FNO5S. The molecule has 156 valence electrons. The Labute approximate surface area is 170 Å². The molecule has 1 aliphatic heterocycles. The van der Waals surface area contributed by atoms with Crippen LogP contribution < -0.4 is 4.74 Å². The lowest BCUT2D eigenvalue weighted by Crippen LogP contribution is -2.36. The molecular weight excluding hydrogens is 397 g/mol. The normalized spacial score (nSPS) is 15.1. The van der Waals surface area contributed by atoms with Gasteiger partial charge in [-0.05, 0) is 55.7 Å². The van der Waals surface area contributed by atoms with Crippen LogP contribution in [0.25, 0.3) is 0 Å². The van der Waals surface area contributed by atoms with E-state index in [0.29, 0.717) is 18.8 Å². The molecule has 0 aliphatic carbocycles. The number of sulfonamides is 1. The summed E-state index contributed by atoms with van der Waals surface area (Å²) in [5.41, 5.74) is 1.03. The van der Waals surface area contributed by atoms with Gasteiger partial charge in [0.25, 0.3) is 0 Å². The highest BCUT2D eigenvalue weighted by Crippen LogP contribution is 2.24. The highest BCUT2D eigenvalue weighted by molar-refractivity contribution is 7.89. The molecule has 0 N–H and O–H groups in total. The second kappa shape index (κ2) is 9.37. The maximum Gasteiger partial charge on any atom is 0.338 e. The van der Waals surface area contributed by atoms with E-state index >= 15 is 0 Å². The topological polar surface area (TPSA) is 72.9 Å². The van der Waals surface area contributed by atoms with Gasteiger partial charge >= 0.3 is 5.97 Å². The van der Waals surface area contributed by atoms with Gasteiger partial charge in [0.1, 0.15) is 29.7 Å². The number of piperidine rings is 1. The first-order valence-corrected chi connectivity index (χ1v) is 11.0. The van der Waals surface area contributed by atoms with Crippen LogP contribution in [0.4, 0.5) is 4.39 Å². The molecule has 8 heteroatoms. The Balaban J connectivity index is 1.63. The van der Waals surface area contributed by atoms with E-state index in [-0.39, 0.29) is 18.8 Å². The summed E-state index contributed by atoms with van der Waals surface area (Å²) in [7, 11) is -3.99. The molecule has 29 heavy (non-hydrogen) atoms. The van der Waals surface area contributed by atoms with E-state index in [1.807, 2.05) is 25.1 Å². The molecule has 0 radical (unpaired) electrons. The molecule has 0 spiro atoms. The first-order valence-electron chi connectivity index (χ1n) is 9.54. The van der Waals surface area contributed by atoms with Gasteiger partial charge in [-0.1, -0.05) is 18.6 Å². The number of esters is 1. The quantitative estimate of drug-likeness (QED) is 0.505. The van der Waals surface area contributed by atoms with E-state index in [1.54, 1.807) is 6.07 Å². The highest BCUT2D eigenvalue weighted by atomic mass is 32.2. The molecule has 0 aromatic heterocycles. The van der Waals surface area contributed by atoms with Crippen LogP contribution in [0, 0.1) is 12.7 Å². The second-order valence-corrected chi connectivity index (χ2v) is 8.82. The van der Waals surface area contributed by atoms with Crippen LogP contribution in [0.5, 0.6) is 5.75 Å². The number of benzene rings is 2. The van der Waals surface area contributed by atoms with Gasteiger partial charge in [0.2, 0.25) is 10.0 Å². The van der Waals surface area contributed by atoms with Crippen LogP contribution in [0.15, 0.2) is 47.4 Å². The molecule has 6 nitrogen and oxygen atoms in total. The minimum atomic E-state index is -3.99. The molecule has 1 fully saturated rings. The van der Waals surface area contributed by atoms with E-state index in [2.05, 4.69) is 0 Å². The summed E-state index contributed by atoms with van der Waals surface area (Å²) in [6, 6.07) is 10.7. The lowest BCUT2D eigenvalue weighted by atomic mass is 10.2. The zero-order valence-electron chi connectivity index (χ0n) is 16.3. The average molecular weight is 421 g/mol. The zero-order chi connectivity index (χ0) is 20.9. The Hall–Kier alpha value is -2.45. The Bertz CT molecular complexity index is 971. The van der Waals surface area contributed by atoms with Gasteiger partial charge < -0.3 is 9.47 Å². The van der Waals surface area contributed by atoms with Crippen molar-refractivity contribution in [1.29, 1.82) is 0 Å². The lowest BCUT2D eigenvalue weighted by Gasteiger charge is -2.26. The molecule has 0 atom stereocenters. The third-order valence-corrected chi connectivity index (χ3v) is 6.59. The van der Waals surface area contributed by atoms with Gasteiger partial charge in [-0.3, -0.25) is 0 Å². The van der Waals surface area contributed by atoms with Crippen LogP contribution in [-0.4, -0.2) is 45.0 Å². The number of carbonyl (C=O) groups is 1. The van der Waals surface area contributed by atoms with E-state index in [9.17, 15) is 17.6 Å². The van der Waals surface area contributed by atoms with Gasteiger partial charge in [-0.15, -0.1) is 0 Å². The van der Waals surface area contributed by atoms with Crippen molar-refractivity contribution in [3.05, 3.63) is 59.4 Å². The smallest absolute Gasteiger partial charge is 0.338 e. The molecule has 0 bridgehead atoms. The molecule has 1 saturated heterocycles. The van der Waals surface area contributed by atoms with Crippen LogP contribution in [0.2, 0.25) is 0 Å². The Morgan fingerprint density at radius 1 is 1.07 bits per heavy atom. The van der Waals surface area contributed by atoms with E-state index in [4.69, 9.17) is 9.47 Å². The van der Waals surface area contributed by atoms with Crippen molar-refractivity contribution in [3.8, 4) is 5.75 Å². The van der Waals surface area contributed by atoms with Gasteiger partial charge in [-0.25, -0.2) is 17.6 Å². The van der Waals surface area contributed by atoms with Gasteiger partial charge in [-0.2, -0.15) is 4.31 Å². The van der Waals surface area contributed by atoms with Crippen molar-refractivity contribution >= 4 is 16.0 Å². The molecule has 2 aromatic rings. The molecule has 3 rings (SSSR count). The third kappa shape index (κ3) is 5.33. The summed E-state index contributed by atoms with van der Waals surface area (Å²) in [4.78, 5) is 11.8. The first kappa shape index (κ1) is 21.3. The second-order valence-electron chi connectivity index (χ2n) is 6.91. The van der Waals surface area contributed by atoms with Crippen LogP contribution in [0.3, 0.4) is 0 Å². The number of hydrogen-bond donors (Lipinski definition) is 0. The third-order valence-electron chi connectivity index (χ3n) is 4.67. The first-order chi connectivity index (χ1) is 13.9. The average Bonchev–Trinajstić information content (AvgIpc) is 2.72. The summed E-state index contributed by atoms with van der Waals surface area (Å²) >= 11 is 0. The van der Waals surface area contributed by atoms with E-state index in [0.717, 1.165) is 37.0 Å². The maximum atomic E-state index is 14.2. The van der Waals surface area contributed by atoms with Crippen LogP contribution in [-0.2, 0) is 14.8 Å². The molecule has 0 amide bonds. The molecule has 1 aliphatic rings. The van der Waals surface area contributed by atoms with Crippen molar-refractivity contribution < 1.29 is 27.1 Å².